The van der Waals surface area contributed by atoms with E-state index in [1.54, 1.807) is 12.1 Å². The lowest BCUT2D eigenvalue weighted by Gasteiger charge is -1.92. The highest BCUT2D eigenvalue weighted by Crippen LogP contribution is 2.00. The van der Waals surface area contributed by atoms with Gasteiger partial charge in [-0.05, 0) is 18.2 Å². The number of rotatable bonds is 1. The molecule has 72 valence electrons. The van der Waals surface area contributed by atoms with E-state index in [1.807, 2.05) is 0 Å². The Labute approximate surface area is 82.1 Å². The zero-order valence-electron chi connectivity index (χ0n) is 7.80. The Kier molecular flexibility index (Phi) is 3.69. The summed E-state index contributed by atoms with van der Waals surface area (Å²) in [6, 6.07) is 6.02. The highest BCUT2D eigenvalue weighted by atomic mass is 19.1. The molecule has 0 saturated heterocycles. The van der Waals surface area contributed by atoms with Gasteiger partial charge in [-0.1, -0.05) is 17.9 Å². The van der Waals surface area contributed by atoms with Gasteiger partial charge in [0.15, 0.2) is 0 Å². The van der Waals surface area contributed by atoms with Crippen LogP contribution < -0.4 is 5.32 Å². The van der Waals surface area contributed by atoms with E-state index < -0.39 is 0 Å². The molecule has 0 saturated carbocycles. The van der Waals surface area contributed by atoms with Crippen molar-refractivity contribution in [1.82, 2.24) is 5.32 Å². The summed E-state index contributed by atoms with van der Waals surface area (Å²) < 4.78 is 12.7. The molecule has 0 bridgehead atoms. The van der Waals surface area contributed by atoms with Crippen molar-refractivity contribution < 1.29 is 9.18 Å². The number of carbonyl (C=O) groups excluding carboxylic acids is 1. The van der Waals surface area contributed by atoms with Gasteiger partial charge in [0.1, 0.15) is 5.82 Å². The molecule has 3 heteroatoms. The SMILES string of the molecule is CC(=O)NCC#Cc1cccc(F)c1. The Balaban J connectivity index is 2.55. The van der Waals surface area contributed by atoms with Crippen molar-refractivity contribution >= 4 is 5.91 Å². The third kappa shape index (κ3) is 3.72. The van der Waals surface area contributed by atoms with Crippen LogP contribution in [-0.4, -0.2) is 12.5 Å². The maximum atomic E-state index is 12.7. The van der Waals surface area contributed by atoms with Crippen LogP contribution >= 0.6 is 0 Å². The molecule has 0 aromatic heterocycles. The third-order valence-corrected chi connectivity index (χ3v) is 1.48. The summed E-state index contributed by atoms with van der Waals surface area (Å²) in [6.07, 6.45) is 0. The summed E-state index contributed by atoms with van der Waals surface area (Å²) >= 11 is 0. The van der Waals surface area contributed by atoms with Crippen molar-refractivity contribution in [2.24, 2.45) is 0 Å². The number of nitrogens with one attached hydrogen (secondary N) is 1. The second-order valence-electron chi connectivity index (χ2n) is 2.72. The van der Waals surface area contributed by atoms with E-state index in [2.05, 4.69) is 17.2 Å². The second kappa shape index (κ2) is 5.03. The maximum absolute atomic E-state index is 12.7. The fourth-order valence-electron chi connectivity index (χ4n) is 0.881. The average molecular weight is 191 g/mol. The van der Waals surface area contributed by atoms with Crippen LogP contribution in [0.1, 0.15) is 12.5 Å². The van der Waals surface area contributed by atoms with E-state index in [-0.39, 0.29) is 18.3 Å². The van der Waals surface area contributed by atoms with Gasteiger partial charge in [-0.15, -0.1) is 0 Å². The van der Waals surface area contributed by atoms with Gasteiger partial charge < -0.3 is 5.32 Å². The highest BCUT2D eigenvalue weighted by Gasteiger charge is 1.89. The first-order valence-electron chi connectivity index (χ1n) is 4.17. The summed E-state index contributed by atoms with van der Waals surface area (Å²) in [6.45, 7) is 1.70. The zero-order chi connectivity index (χ0) is 10.4. The number of hydrogen-bond acceptors (Lipinski definition) is 1. The van der Waals surface area contributed by atoms with Crippen LogP contribution in [0.3, 0.4) is 0 Å². The predicted octanol–water partition coefficient (Wildman–Crippen LogP) is 1.31. The molecule has 0 spiro atoms. The molecule has 0 aliphatic rings. The number of carbonyl (C=O) groups is 1. The smallest absolute Gasteiger partial charge is 0.217 e. The van der Waals surface area contributed by atoms with Crippen LogP contribution in [-0.2, 0) is 4.79 Å². The van der Waals surface area contributed by atoms with Gasteiger partial charge in [-0.25, -0.2) is 4.39 Å². The third-order valence-electron chi connectivity index (χ3n) is 1.48. The van der Waals surface area contributed by atoms with E-state index in [4.69, 9.17) is 0 Å². The van der Waals surface area contributed by atoms with Crippen molar-refractivity contribution in [3.8, 4) is 11.8 Å². The number of benzene rings is 1. The molecule has 0 heterocycles. The van der Waals surface area contributed by atoms with E-state index >= 15 is 0 Å². The van der Waals surface area contributed by atoms with Crippen LogP contribution in [0.5, 0.6) is 0 Å². The Morgan fingerprint density at radius 3 is 3.00 bits per heavy atom. The maximum Gasteiger partial charge on any atom is 0.217 e. The molecule has 1 aromatic carbocycles. The van der Waals surface area contributed by atoms with Gasteiger partial charge in [0.2, 0.25) is 5.91 Å². The van der Waals surface area contributed by atoms with Gasteiger partial charge in [-0.3, -0.25) is 4.79 Å². The van der Waals surface area contributed by atoms with Crippen molar-refractivity contribution in [2.45, 2.75) is 6.92 Å². The van der Waals surface area contributed by atoms with E-state index in [1.165, 1.54) is 19.1 Å². The zero-order valence-corrected chi connectivity index (χ0v) is 7.80. The van der Waals surface area contributed by atoms with Crippen LogP contribution in [0.2, 0.25) is 0 Å². The Morgan fingerprint density at radius 2 is 2.36 bits per heavy atom. The first-order valence-corrected chi connectivity index (χ1v) is 4.17. The van der Waals surface area contributed by atoms with Crippen molar-refractivity contribution in [3.63, 3.8) is 0 Å². The fraction of sp³-hybridized carbons (Fsp3) is 0.182. The van der Waals surface area contributed by atoms with Crippen molar-refractivity contribution in [2.75, 3.05) is 6.54 Å². The Hall–Kier alpha value is -1.82. The van der Waals surface area contributed by atoms with Crippen LogP contribution in [0.15, 0.2) is 24.3 Å². The van der Waals surface area contributed by atoms with Crippen LogP contribution in [0, 0.1) is 17.7 Å². The molecule has 0 aliphatic heterocycles. The molecular formula is C11H10FNO. The summed E-state index contributed by atoms with van der Waals surface area (Å²) in [5.74, 6) is 5.01. The lowest BCUT2D eigenvalue weighted by molar-refractivity contribution is -0.118. The summed E-state index contributed by atoms with van der Waals surface area (Å²) in [5, 5.41) is 2.52. The lowest BCUT2D eigenvalue weighted by Crippen LogP contribution is -2.19. The highest BCUT2D eigenvalue weighted by molar-refractivity contribution is 5.73. The minimum Gasteiger partial charge on any atom is -0.345 e. The van der Waals surface area contributed by atoms with Crippen LogP contribution in [0.25, 0.3) is 0 Å². The molecule has 0 aliphatic carbocycles. The molecule has 1 amide bonds. The van der Waals surface area contributed by atoms with Gasteiger partial charge in [0, 0.05) is 12.5 Å². The fourth-order valence-corrected chi connectivity index (χ4v) is 0.881. The standard InChI is InChI=1S/C11H10FNO/c1-9(14)13-7-3-5-10-4-2-6-11(12)8-10/h2,4,6,8H,7H2,1H3,(H,13,14). The van der Waals surface area contributed by atoms with E-state index in [0.29, 0.717) is 5.56 Å². The molecule has 1 rings (SSSR count). The Morgan fingerprint density at radius 1 is 1.57 bits per heavy atom. The van der Waals surface area contributed by atoms with Crippen LogP contribution in [0.4, 0.5) is 4.39 Å². The van der Waals surface area contributed by atoms with Gasteiger partial charge in [-0.2, -0.15) is 0 Å². The Bertz CT molecular complexity index is 390. The predicted molar refractivity (Wildman–Crippen MR) is 52.0 cm³/mol. The van der Waals surface area contributed by atoms with E-state index in [0.717, 1.165) is 0 Å². The quantitative estimate of drug-likeness (QED) is 0.666. The minimum atomic E-state index is -0.309. The van der Waals surface area contributed by atoms with Crippen molar-refractivity contribution in [1.29, 1.82) is 0 Å². The average Bonchev–Trinajstić information content (AvgIpc) is 2.12. The molecule has 0 fully saturated rings. The molecule has 1 aromatic rings. The van der Waals surface area contributed by atoms with Gasteiger partial charge in [0.25, 0.3) is 0 Å². The second-order valence-corrected chi connectivity index (χ2v) is 2.72. The number of amides is 1. The first kappa shape index (κ1) is 10.3. The van der Waals surface area contributed by atoms with Gasteiger partial charge >= 0.3 is 0 Å². The van der Waals surface area contributed by atoms with E-state index in [9.17, 15) is 9.18 Å². The number of halogens is 1. The minimum absolute atomic E-state index is 0.126. The lowest BCUT2D eigenvalue weighted by atomic mass is 10.2. The van der Waals surface area contributed by atoms with Crippen molar-refractivity contribution in [3.05, 3.63) is 35.6 Å². The molecular weight excluding hydrogens is 181 g/mol. The molecule has 2 nitrogen and oxygen atoms in total. The normalized spacial score (nSPS) is 8.71. The summed E-state index contributed by atoms with van der Waals surface area (Å²) in [7, 11) is 0. The van der Waals surface area contributed by atoms with Gasteiger partial charge in [0.05, 0.1) is 6.54 Å². The molecule has 0 radical (unpaired) electrons. The molecule has 0 unspecified atom stereocenters. The number of hydrogen-bond donors (Lipinski definition) is 1. The summed E-state index contributed by atoms with van der Waals surface area (Å²) in [4.78, 5) is 10.5. The molecule has 0 atom stereocenters. The monoisotopic (exact) mass is 191 g/mol. The summed E-state index contributed by atoms with van der Waals surface area (Å²) in [5.41, 5.74) is 0.607. The largest absolute Gasteiger partial charge is 0.345 e. The molecule has 14 heavy (non-hydrogen) atoms. The topological polar surface area (TPSA) is 29.1 Å². The first-order chi connectivity index (χ1) is 6.68. The molecule has 1 N–H and O–H groups in total.